The lowest BCUT2D eigenvalue weighted by Crippen LogP contribution is -2.45. The molecule has 4 nitrogen and oxygen atoms in total. The summed E-state index contributed by atoms with van der Waals surface area (Å²) >= 11 is 5.88. The average Bonchev–Trinajstić information content (AvgIpc) is 2.45. The number of aromatic nitrogens is 1. The van der Waals surface area contributed by atoms with Gasteiger partial charge in [0.15, 0.2) is 6.10 Å². The molecule has 0 spiro atoms. The molecule has 1 N–H and O–H groups in total. The lowest BCUT2D eigenvalue weighted by molar-refractivity contribution is -0.222. The number of halogens is 4. The van der Waals surface area contributed by atoms with Gasteiger partial charge in [-0.25, -0.2) is 0 Å². The maximum absolute atomic E-state index is 12.5. The monoisotopic (exact) mass is 322 g/mol. The Morgan fingerprint density at radius 2 is 2.05 bits per heavy atom. The van der Waals surface area contributed by atoms with Gasteiger partial charge in [-0.05, 0) is 24.8 Å². The van der Waals surface area contributed by atoms with E-state index in [1.54, 1.807) is 0 Å². The van der Waals surface area contributed by atoms with E-state index in [-0.39, 0.29) is 42.4 Å². The molecule has 116 valence electrons. The molecule has 1 aromatic rings. The standard InChI is InChI=1S/C13H14ClF3N2O2/c14-10-7-18-4-1-9(10)12(21)19-5-2-8(3-6-19)11(20)13(15,16)17/h1,4,7-8,11,20H,2-3,5-6H2. The van der Waals surface area contributed by atoms with Gasteiger partial charge in [0.05, 0.1) is 10.6 Å². The minimum Gasteiger partial charge on any atom is -0.383 e. The van der Waals surface area contributed by atoms with Gasteiger partial charge in [0.1, 0.15) is 0 Å². The predicted octanol–water partition coefficient (Wildman–Crippen LogP) is 2.51. The SMILES string of the molecule is O=C(c1ccncc1Cl)N1CCC(C(O)C(F)(F)F)CC1. The Bertz CT molecular complexity index is 516. The first kappa shape index (κ1) is 16.0. The first-order valence-corrected chi connectivity index (χ1v) is 6.82. The van der Waals surface area contributed by atoms with Crippen molar-refractivity contribution in [2.45, 2.75) is 25.1 Å². The van der Waals surface area contributed by atoms with Gasteiger partial charge in [0.2, 0.25) is 0 Å². The number of hydrogen-bond donors (Lipinski definition) is 1. The van der Waals surface area contributed by atoms with Crippen molar-refractivity contribution in [2.75, 3.05) is 13.1 Å². The summed E-state index contributed by atoms with van der Waals surface area (Å²) < 4.78 is 37.4. The molecule has 0 aliphatic carbocycles. The second-order valence-corrected chi connectivity index (χ2v) is 5.38. The van der Waals surface area contributed by atoms with Crippen molar-refractivity contribution in [1.29, 1.82) is 0 Å². The van der Waals surface area contributed by atoms with E-state index < -0.39 is 18.2 Å². The number of carbonyl (C=O) groups excluding carboxylic acids is 1. The molecule has 1 aromatic heterocycles. The Kier molecular flexibility index (Phi) is 4.73. The van der Waals surface area contributed by atoms with Crippen LogP contribution in [0.15, 0.2) is 18.5 Å². The second-order valence-electron chi connectivity index (χ2n) is 4.97. The largest absolute Gasteiger partial charge is 0.414 e. The number of carbonyl (C=O) groups is 1. The second kappa shape index (κ2) is 6.19. The number of likely N-dealkylation sites (tertiary alicyclic amines) is 1. The molecule has 1 atom stereocenters. The molecule has 0 bridgehead atoms. The molecule has 1 aliphatic rings. The van der Waals surface area contributed by atoms with E-state index in [9.17, 15) is 23.1 Å². The Labute approximate surface area is 124 Å². The van der Waals surface area contributed by atoms with Crippen molar-refractivity contribution in [2.24, 2.45) is 5.92 Å². The van der Waals surface area contributed by atoms with Crippen LogP contribution < -0.4 is 0 Å². The van der Waals surface area contributed by atoms with Gasteiger partial charge in [-0.1, -0.05) is 11.6 Å². The van der Waals surface area contributed by atoms with Gasteiger partial charge >= 0.3 is 6.18 Å². The lowest BCUT2D eigenvalue weighted by Gasteiger charge is -2.34. The molecule has 1 unspecified atom stereocenters. The first-order chi connectivity index (χ1) is 9.80. The topological polar surface area (TPSA) is 53.4 Å². The summed E-state index contributed by atoms with van der Waals surface area (Å²) in [6.07, 6.45) is -3.97. The van der Waals surface area contributed by atoms with Crippen molar-refractivity contribution in [3.63, 3.8) is 0 Å². The minimum atomic E-state index is -4.62. The van der Waals surface area contributed by atoms with Crippen LogP contribution >= 0.6 is 11.6 Å². The molecule has 2 rings (SSSR count). The van der Waals surface area contributed by atoms with Crippen LogP contribution in [0.4, 0.5) is 13.2 Å². The molecule has 1 fully saturated rings. The van der Waals surface area contributed by atoms with Crippen LogP contribution in [0.5, 0.6) is 0 Å². The number of amides is 1. The quantitative estimate of drug-likeness (QED) is 0.910. The number of nitrogens with zero attached hydrogens (tertiary/aromatic N) is 2. The van der Waals surface area contributed by atoms with E-state index in [4.69, 9.17) is 11.6 Å². The highest BCUT2D eigenvalue weighted by molar-refractivity contribution is 6.33. The number of pyridine rings is 1. The summed E-state index contributed by atoms with van der Waals surface area (Å²) in [4.78, 5) is 17.4. The number of aliphatic hydroxyl groups excluding tert-OH is 1. The number of alkyl halides is 3. The summed E-state index contributed by atoms with van der Waals surface area (Å²) in [7, 11) is 0. The normalized spacial score (nSPS) is 18.6. The fourth-order valence-corrected chi connectivity index (χ4v) is 2.60. The molecule has 1 saturated heterocycles. The number of rotatable bonds is 2. The smallest absolute Gasteiger partial charge is 0.383 e. The molecule has 8 heteroatoms. The number of piperidine rings is 1. The number of aliphatic hydroxyl groups is 1. The minimum absolute atomic E-state index is 0.106. The van der Waals surface area contributed by atoms with E-state index in [2.05, 4.69) is 4.98 Å². The van der Waals surface area contributed by atoms with Gasteiger partial charge in [-0.3, -0.25) is 9.78 Å². The Balaban J connectivity index is 1.98. The van der Waals surface area contributed by atoms with Gasteiger partial charge in [0.25, 0.3) is 5.91 Å². The fraction of sp³-hybridized carbons (Fsp3) is 0.538. The van der Waals surface area contributed by atoms with Crippen LogP contribution in [0.2, 0.25) is 5.02 Å². The third-order valence-corrected chi connectivity index (χ3v) is 3.91. The summed E-state index contributed by atoms with van der Waals surface area (Å²) in [5, 5.41) is 9.45. The Hall–Kier alpha value is -1.34. The third kappa shape index (κ3) is 3.65. The van der Waals surface area contributed by atoms with Crippen LogP contribution in [0, 0.1) is 5.92 Å². The van der Waals surface area contributed by atoms with Crippen molar-refractivity contribution < 1.29 is 23.1 Å². The zero-order chi connectivity index (χ0) is 15.6. The fourth-order valence-electron chi connectivity index (χ4n) is 2.40. The van der Waals surface area contributed by atoms with Crippen molar-refractivity contribution in [1.82, 2.24) is 9.88 Å². The van der Waals surface area contributed by atoms with Gasteiger partial charge < -0.3 is 10.0 Å². The molecule has 1 amide bonds. The van der Waals surface area contributed by atoms with Crippen molar-refractivity contribution >= 4 is 17.5 Å². The van der Waals surface area contributed by atoms with Gasteiger partial charge in [-0.2, -0.15) is 13.2 Å². The highest BCUT2D eigenvalue weighted by Crippen LogP contribution is 2.32. The Morgan fingerprint density at radius 3 is 2.57 bits per heavy atom. The van der Waals surface area contributed by atoms with Crippen LogP contribution in [0.1, 0.15) is 23.2 Å². The zero-order valence-corrected chi connectivity index (χ0v) is 11.7. The van der Waals surface area contributed by atoms with Crippen molar-refractivity contribution in [3.8, 4) is 0 Å². The number of hydrogen-bond acceptors (Lipinski definition) is 3. The van der Waals surface area contributed by atoms with E-state index in [1.165, 1.54) is 23.4 Å². The average molecular weight is 323 g/mol. The van der Waals surface area contributed by atoms with Gasteiger partial charge in [-0.15, -0.1) is 0 Å². The van der Waals surface area contributed by atoms with Crippen LogP contribution in [0.3, 0.4) is 0 Å². The van der Waals surface area contributed by atoms with E-state index in [0.29, 0.717) is 0 Å². The van der Waals surface area contributed by atoms with E-state index in [1.807, 2.05) is 0 Å². The molecule has 21 heavy (non-hydrogen) atoms. The maximum Gasteiger partial charge on any atom is 0.414 e. The summed E-state index contributed by atoms with van der Waals surface area (Å²) in [5.41, 5.74) is 0.279. The summed E-state index contributed by atoms with van der Waals surface area (Å²) in [6.45, 7) is 0.324. The van der Waals surface area contributed by atoms with Crippen molar-refractivity contribution in [3.05, 3.63) is 29.0 Å². The van der Waals surface area contributed by atoms with E-state index in [0.717, 1.165) is 0 Å². The molecule has 0 radical (unpaired) electrons. The zero-order valence-electron chi connectivity index (χ0n) is 11.0. The molecule has 0 saturated carbocycles. The highest BCUT2D eigenvalue weighted by atomic mass is 35.5. The third-order valence-electron chi connectivity index (χ3n) is 3.61. The van der Waals surface area contributed by atoms with Crippen LogP contribution in [0.25, 0.3) is 0 Å². The summed E-state index contributed by atoms with van der Waals surface area (Å²) in [5.74, 6) is -1.20. The summed E-state index contributed by atoms with van der Waals surface area (Å²) in [6, 6.07) is 1.47. The maximum atomic E-state index is 12.5. The Morgan fingerprint density at radius 1 is 1.43 bits per heavy atom. The molecule has 1 aliphatic heterocycles. The molecule has 2 heterocycles. The van der Waals surface area contributed by atoms with E-state index >= 15 is 0 Å². The molecular formula is C13H14ClF3N2O2. The predicted molar refractivity (Wildman–Crippen MR) is 69.9 cm³/mol. The lowest BCUT2D eigenvalue weighted by atomic mass is 9.90. The molecular weight excluding hydrogens is 309 g/mol. The first-order valence-electron chi connectivity index (χ1n) is 6.44. The van der Waals surface area contributed by atoms with Crippen LogP contribution in [-0.4, -0.2) is 46.3 Å². The van der Waals surface area contributed by atoms with Crippen LogP contribution in [-0.2, 0) is 0 Å². The van der Waals surface area contributed by atoms with Gasteiger partial charge in [0, 0.05) is 25.5 Å². The highest BCUT2D eigenvalue weighted by Gasteiger charge is 2.44. The molecule has 0 aromatic carbocycles.